The van der Waals surface area contributed by atoms with E-state index in [1.54, 1.807) is 18.2 Å². The highest BCUT2D eigenvalue weighted by Crippen LogP contribution is 2.22. The van der Waals surface area contributed by atoms with Crippen molar-refractivity contribution in [2.75, 3.05) is 23.4 Å². The average Bonchev–Trinajstić information content (AvgIpc) is 2.26. The molecule has 2 nitrogen and oxygen atoms in total. The van der Waals surface area contributed by atoms with Crippen LogP contribution in [0, 0.1) is 11.3 Å². The second-order valence-corrected chi connectivity index (χ2v) is 4.73. The quantitative estimate of drug-likeness (QED) is 0.802. The van der Waals surface area contributed by atoms with Gasteiger partial charge in [0, 0.05) is 12.3 Å². The molecular formula is C11H13ClN2S. The van der Waals surface area contributed by atoms with E-state index >= 15 is 0 Å². The minimum atomic E-state index is 0.630. The van der Waals surface area contributed by atoms with Crippen molar-refractivity contribution in [1.82, 2.24) is 0 Å². The summed E-state index contributed by atoms with van der Waals surface area (Å²) in [5.74, 6) is 2.16. The van der Waals surface area contributed by atoms with Crippen LogP contribution < -0.4 is 5.32 Å². The summed E-state index contributed by atoms with van der Waals surface area (Å²) in [7, 11) is 0. The van der Waals surface area contributed by atoms with Crippen LogP contribution >= 0.6 is 23.4 Å². The van der Waals surface area contributed by atoms with Crippen molar-refractivity contribution in [3.63, 3.8) is 0 Å². The number of hydrogen-bond acceptors (Lipinski definition) is 3. The van der Waals surface area contributed by atoms with Crippen molar-refractivity contribution in [2.45, 2.75) is 6.92 Å². The van der Waals surface area contributed by atoms with Gasteiger partial charge in [0.25, 0.3) is 0 Å². The van der Waals surface area contributed by atoms with Gasteiger partial charge in [-0.1, -0.05) is 18.5 Å². The third-order valence-electron chi connectivity index (χ3n) is 1.86. The van der Waals surface area contributed by atoms with Crippen LogP contribution in [0.15, 0.2) is 18.2 Å². The molecule has 0 spiro atoms. The first-order chi connectivity index (χ1) is 7.27. The number of nitriles is 1. The van der Waals surface area contributed by atoms with Crippen molar-refractivity contribution < 1.29 is 0 Å². The van der Waals surface area contributed by atoms with Gasteiger partial charge in [-0.3, -0.25) is 0 Å². The number of rotatable bonds is 5. The number of benzene rings is 1. The number of thioether (sulfide) groups is 1. The van der Waals surface area contributed by atoms with Crippen molar-refractivity contribution in [3.05, 3.63) is 28.8 Å². The van der Waals surface area contributed by atoms with Crippen LogP contribution in [0.5, 0.6) is 0 Å². The first-order valence-electron chi connectivity index (χ1n) is 4.79. The lowest BCUT2D eigenvalue weighted by atomic mass is 10.2. The van der Waals surface area contributed by atoms with E-state index in [9.17, 15) is 0 Å². The zero-order chi connectivity index (χ0) is 11.1. The van der Waals surface area contributed by atoms with Gasteiger partial charge in [-0.05, 0) is 24.0 Å². The predicted octanol–water partition coefficient (Wildman–Crippen LogP) is 3.38. The maximum Gasteiger partial charge on any atom is 0.0992 e. The molecule has 1 aromatic rings. The van der Waals surface area contributed by atoms with Gasteiger partial charge in [0.2, 0.25) is 0 Å². The van der Waals surface area contributed by atoms with E-state index in [0.29, 0.717) is 10.6 Å². The first kappa shape index (κ1) is 12.2. The molecule has 0 amide bonds. The van der Waals surface area contributed by atoms with Gasteiger partial charge in [-0.15, -0.1) is 0 Å². The Morgan fingerprint density at radius 3 is 3.00 bits per heavy atom. The SMILES string of the molecule is CCSCCNc1cc(C#N)ccc1Cl. The molecule has 0 heterocycles. The van der Waals surface area contributed by atoms with E-state index in [-0.39, 0.29) is 0 Å². The van der Waals surface area contributed by atoms with Gasteiger partial charge in [-0.2, -0.15) is 17.0 Å². The van der Waals surface area contributed by atoms with Crippen molar-refractivity contribution in [1.29, 1.82) is 5.26 Å². The molecule has 0 radical (unpaired) electrons. The molecule has 0 atom stereocenters. The fourth-order valence-electron chi connectivity index (χ4n) is 1.13. The summed E-state index contributed by atoms with van der Waals surface area (Å²) in [6.45, 7) is 3.00. The second-order valence-electron chi connectivity index (χ2n) is 2.93. The Morgan fingerprint density at radius 1 is 1.53 bits per heavy atom. The summed E-state index contributed by atoms with van der Waals surface area (Å²) in [6.07, 6.45) is 0. The molecule has 80 valence electrons. The molecule has 1 N–H and O–H groups in total. The molecule has 0 unspecified atom stereocenters. The van der Waals surface area contributed by atoms with E-state index in [1.807, 2.05) is 11.8 Å². The molecule has 15 heavy (non-hydrogen) atoms. The first-order valence-corrected chi connectivity index (χ1v) is 6.32. The Hall–Kier alpha value is -0.850. The number of anilines is 1. The molecule has 0 aromatic heterocycles. The summed E-state index contributed by atoms with van der Waals surface area (Å²) < 4.78 is 0. The molecule has 0 aliphatic heterocycles. The number of nitrogens with zero attached hydrogens (tertiary/aromatic N) is 1. The molecule has 1 rings (SSSR count). The van der Waals surface area contributed by atoms with Crippen molar-refractivity contribution in [3.8, 4) is 6.07 Å². The summed E-state index contributed by atoms with van der Waals surface area (Å²) in [5.41, 5.74) is 1.47. The predicted molar refractivity (Wildman–Crippen MR) is 67.7 cm³/mol. The zero-order valence-corrected chi connectivity index (χ0v) is 10.2. The van der Waals surface area contributed by atoms with Crippen LogP contribution in [-0.4, -0.2) is 18.1 Å². The van der Waals surface area contributed by atoms with Gasteiger partial charge >= 0.3 is 0 Å². The van der Waals surface area contributed by atoms with Crippen LogP contribution in [0.3, 0.4) is 0 Å². The number of nitrogens with one attached hydrogen (secondary N) is 1. The Labute approximate surface area is 99.6 Å². The van der Waals surface area contributed by atoms with Crippen molar-refractivity contribution in [2.24, 2.45) is 0 Å². The van der Waals surface area contributed by atoms with E-state index < -0.39 is 0 Å². The Morgan fingerprint density at radius 2 is 2.33 bits per heavy atom. The van der Waals surface area contributed by atoms with Crippen LogP contribution in [0.25, 0.3) is 0 Å². The Balaban J connectivity index is 2.56. The van der Waals surface area contributed by atoms with E-state index in [4.69, 9.17) is 16.9 Å². The average molecular weight is 241 g/mol. The Bertz CT molecular complexity index is 360. The minimum absolute atomic E-state index is 0.630. The lowest BCUT2D eigenvalue weighted by molar-refractivity contribution is 1.22. The lowest BCUT2D eigenvalue weighted by Crippen LogP contribution is -2.04. The Kier molecular flexibility index (Phi) is 5.38. The van der Waals surface area contributed by atoms with E-state index in [2.05, 4.69) is 18.3 Å². The monoisotopic (exact) mass is 240 g/mol. The van der Waals surface area contributed by atoms with Crippen molar-refractivity contribution >= 4 is 29.1 Å². The van der Waals surface area contributed by atoms with Crippen LogP contribution in [0.1, 0.15) is 12.5 Å². The van der Waals surface area contributed by atoms with Gasteiger partial charge < -0.3 is 5.32 Å². The molecule has 0 bridgehead atoms. The number of halogens is 1. The molecule has 1 aromatic carbocycles. The molecule has 0 saturated carbocycles. The maximum atomic E-state index is 8.74. The largest absolute Gasteiger partial charge is 0.383 e. The topological polar surface area (TPSA) is 35.8 Å². The smallest absolute Gasteiger partial charge is 0.0992 e. The molecule has 4 heteroatoms. The summed E-state index contributed by atoms with van der Waals surface area (Å²) in [4.78, 5) is 0. The molecule has 0 aliphatic carbocycles. The standard InChI is InChI=1S/C11H13ClN2S/c1-2-15-6-5-14-11-7-9(8-13)3-4-10(11)12/h3-4,7,14H,2,5-6H2,1H3. The summed E-state index contributed by atoms with van der Waals surface area (Å²) in [5, 5.41) is 12.6. The van der Waals surface area contributed by atoms with Crippen LogP contribution in [0.2, 0.25) is 5.02 Å². The molecule has 0 aliphatic rings. The van der Waals surface area contributed by atoms with Crippen LogP contribution in [-0.2, 0) is 0 Å². The highest BCUT2D eigenvalue weighted by Gasteiger charge is 2.00. The van der Waals surface area contributed by atoms with E-state index in [1.165, 1.54) is 0 Å². The van der Waals surface area contributed by atoms with Gasteiger partial charge in [0.1, 0.15) is 0 Å². The summed E-state index contributed by atoms with van der Waals surface area (Å²) >= 11 is 7.86. The zero-order valence-electron chi connectivity index (χ0n) is 8.59. The van der Waals surface area contributed by atoms with Gasteiger partial charge in [0.05, 0.1) is 22.3 Å². The molecule has 0 saturated heterocycles. The fraction of sp³-hybridized carbons (Fsp3) is 0.364. The van der Waals surface area contributed by atoms with Gasteiger partial charge in [-0.25, -0.2) is 0 Å². The maximum absolute atomic E-state index is 8.74. The van der Waals surface area contributed by atoms with Gasteiger partial charge in [0.15, 0.2) is 0 Å². The van der Waals surface area contributed by atoms with Crippen LogP contribution in [0.4, 0.5) is 5.69 Å². The highest BCUT2D eigenvalue weighted by molar-refractivity contribution is 7.99. The molecule has 0 fully saturated rings. The highest BCUT2D eigenvalue weighted by atomic mass is 35.5. The third-order valence-corrected chi connectivity index (χ3v) is 3.09. The van der Waals surface area contributed by atoms with E-state index in [0.717, 1.165) is 23.7 Å². The summed E-state index contributed by atoms with van der Waals surface area (Å²) in [6, 6.07) is 7.33. The fourth-order valence-corrected chi connectivity index (χ4v) is 1.85. The second kappa shape index (κ2) is 6.60. The third kappa shape index (κ3) is 4.03. The lowest BCUT2D eigenvalue weighted by Gasteiger charge is -2.07. The molecular weight excluding hydrogens is 228 g/mol. The minimum Gasteiger partial charge on any atom is -0.383 e. The number of hydrogen-bond donors (Lipinski definition) is 1. The normalized spacial score (nSPS) is 9.67.